The molecule has 2 aliphatic heterocycles. The number of rotatable bonds is 0. The van der Waals surface area contributed by atoms with E-state index in [0.29, 0.717) is 31.6 Å². The molecule has 2 aliphatic rings. The standard InChI is InChI=1S/C9H17NO3S/c1-10-5-3-9(4-6-10)13-7-2-8-14(9,11)12/h2-8H2,1H3. The van der Waals surface area contributed by atoms with Crippen LogP contribution in [0.5, 0.6) is 0 Å². The average Bonchev–Trinajstić information content (AvgIpc) is 2.14. The second-order valence-electron chi connectivity index (χ2n) is 4.23. The van der Waals surface area contributed by atoms with Crippen molar-refractivity contribution >= 4 is 9.84 Å². The van der Waals surface area contributed by atoms with Crippen LogP contribution in [-0.2, 0) is 14.6 Å². The fourth-order valence-corrected chi connectivity index (χ4v) is 4.13. The highest BCUT2D eigenvalue weighted by Crippen LogP contribution is 2.35. The van der Waals surface area contributed by atoms with Crippen molar-refractivity contribution in [3.63, 3.8) is 0 Å². The summed E-state index contributed by atoms with van der Waals surface area (Å²) in [6.45, 7) is 2.24. The normalized spacial score (nSPS) is 31.8. The summed E-state index contributed by atoms with van der Waals surface area (Å²) in [5, 5.41) is 0. The Hall–Kier alpha value is -0.130. The van der Waals surface area contributed by atoms with E-state index in [9.17, 15) is 8.42 Å². The number of ether oxygens (including phenoxy) is 1. The van der Waals surface area contributed by atoms with E-state index in [1.807, 2.05) is 7.05 Å². The van der Waals surface area contributed by atoms with Gasteiger partial charge in [-0.05, 0) is 13.5 Å². The van der Waals surface area contributed by atoms with Crippen LogP contribution in [0.4, 0.5) is 0 Å². The monoisotopic (exact) mass is 219 g/mol. The summed E-state index contributed by atoms with van der Waals surface area (Å²) in [6, 6.07) is 0. The summed E-state index contributed by atoms with van der Waals surface area (Å²) < 4.78 is 29.4. The molecule has 4 nitrogen and oxygen atoms in total. The van der Waals surface area contributed by atoms with Crippen LogP contribution < -0.4 is 0 Å². The summed E-state index contributed by atoms with van der Waals surface area (Å²) in [7, 11) is -1.00. The third-order valence-electron chi connectivity index (χ3n) is 3.24. The summed E-state index contributed by atoms with van der Waals surface area (Å²) >= 11 is 0. The molecule has 1 spiro atoms. The van der Waals surface area contributed by atoms with Gasteiger partial charge in [0.2, 0.25) is 0 Å². The van der Waals surface area contributed by atoms with Gasteiger partial charge in [-0.2, -0.15) is 0 Å². The van der Waals surface area contributed by atoms with E-state index in [1.54, 1.807) is 0 Å². The second kappa shape index (κ2) is 3.47. The molecule has 0 unspecified atom stereocenters. The first-order valence-electron chi connectivity index (χ1n) is 5.11. The lowest BCUT2D eigenvalue weighted by Crippen LogP contribution is -2.53. The van der Waals surface area contributed by atoms with Crippen LogP contribution in [0.2, 0.25) is 0 Å². The molecular weight excluding hydrogens is 202 g/mol. The molecule has 0 radical (unpaired) electrons. The number of hydrogen-bond donors (Lipinski definition) is 0. The van der Waals surface area contributed by atoms with Gasteiger partial charge in [-0.3, -0.25) is 0 Å². The minimum Gasteiger partial charge on any atom is -0.359 e. The molecule has 0 N–H and O–H groups in total. The second-order valence-corrected chi connectivity index (χ2v) is 6.62. The maximum absolute atomic E-state index is 11.9. The van der Waals surface area contributed by atoms with Crippen LogP contribution in [0.1, 0.15) is 19.3 Å². The summed E-state index contributed by atoms with van der Waals surface area (Å²) in [5.74, 6) is 0.302. The molecule has 0 aliphatic carbocycles. The van der Waals surface area contributed by atoms with E-state index in [0.717, 1.165) is 13.1 Å². The van der Waals surface area contributed by atoms with Gasteiger partial charge in [0.05, 0.1) is 5.75 Å². The van der Waals surface area contributed by atoms with Crippen molar-refractivity contribution in [3.8, 4) is 0 Å². The van der Waals surface area contributed by atoms with E-state index >= 15 is 0 Å². The van der Waals surface area contributed by atoms with Crippen molar-refractivity contribution in [3.05, 3.63) is 0 Å². The van der Waals surface area contributed by atoms with Crippen LogP contribution in [0.3, 0.4) is 0 Å². The lowest BCUT2D eigenvalue weighted by Gasteiger charge is -2.41. The molecule has 0 amide bonds. The molecule has 14 heavy (non-hydrogen) atoms. The van der Waals surface area contributed by atoms with Gasteiger partial charge in [0.1, 0.15) is 0 Å². The molecule has 0 atom stereocenters. The Labute approximate surface area is 85.1 Å². The van der Waals surface area contributed by atoms with Gasteiger partial charge in [0.25, 0.3) is 0 Å². The molecule has 0 aromatic carbocycles. The first kappa shape index (κ1) is 10.4. The zero-order valence-electron chi connectivity index (χ0n) is 8.53. The van der Waals surface area contributed by atoms with Crippen LogP contribution >= 0.6 is 0 Å². The van der Waals surface area contributed by atoms with Crippen LogP contribution in [0, 0.1) is 0 Å². The lowest BCUT2D eigenvalue weighted by atomic mass is 10.1. The predicted molar refractivity (Wildman–Crippen MR) is 53.8 cm³/mol. The van der Waals surface area contributed by atoms with Gasteiger partial charge in [-0.15, -0.1) is 0 Å². The molecule has 2 fully saturated rings. The number of nitrogens with zero attached hydrogens (tertiary/aromatic N) is 1. The minimum atomic E-state index is -3.02. The molecule has 0 aromatic rings. The van der Waals surface area contributed by atoms with Gasteiger partial charge in [0.15, 0.2) is 14.8 Å². The van der Waals surface area contributed by atoms with E-state index in [1.165, 1.54) is 0 Å². The Bertz CT molecular complexity index is 304. The largest absolute Gasteiger partial charge is 0.359 e. The van der Waals surface area contributed by atoms with E-state index in [2.05, 4.69) is 4.90 Å². The maximum atomic E-state index is 11.9. The Kier molecular flexibility index (Phi) is 2.57. The fourth-order valence-electron chi connectivity index (χ4n) is 2.20. The zero-order valence-corrected chi connectivity index (χ0v) is 9.35. The number of likely N-dealkylation sites (tertiary alicyclic amines) is 1. The highest BCUT2D eigenvalue weighted by molar-refractivity contribution is 7.92. The predicted octanol–water partition coefficient (Wildman–Crippen LogP) is 0.243. The molecule has 5 heteroatoms. The number of hydrogen-bond acceptors (Lipinski definition) is 4. The topological polar surface area (TPSA) is 46.6 Å². The summed E-state index contributed by atoms with van der Waals surface area (Å²) in [5.41, 5.74) is 0. The first-order chi connectivity index (χ1) is 6.56. The Morgan fingerprint density at radius 3 is 2.50 bits per heavy atom. The Morgan fingerprint density at radius 2 is 1.93 bits per heavy atom. The molecule has 0 bridgehead atoms. The zero-order chi connectivity index (χ0) is 10.2. The maximum Gasteiger partial charge on any atom is 0.180 e. The molecule has 82 valence electrons. The smallest absolute Gasteiger partial charge is 0.180 e. The van der Waals surface area contributed by atoms with Crippen molar-refractivity contribution in [2.75, 3.05) is 32.5 Å². The first-order valence-corrected chi connectivity index (χ1v) is 6.76. The summed E-state index contributed by atoms with van der Waals surface area (Å²) in [6.07, 6.45) is 1.91. The quantitative estimate of drug-likeness (QED) is 0.585. The third-order valence-corrected chi connectivity index (χ3v) is 5.72. The average molecular weight is 219 g/mol. The van der Waals surface area contributed by atoms with Gasteiger partial charge in [-0.1, -0.05) is 0 Å². The van der Waals surface area contributed by atoms with Crippen LogP contribution in [0.25, 0.3) is 0 Å². The van der Waals surface area contributed by atoms with Gasteiger partial charge in [-0.25, -0.2) is 8.42 Å². The van der Waals surface area contributed by atoms with Gasteiger partial charge in [0, 0.05) is 32.5 Å². The molecule has 2 heterocycles. The van der Waals surface area contributed by atoms with Crippen molar-refractivity contribution in [2.45, 2.75) is 24.2 Å². The van der Waals surface area contributed by atoms with E-state index in [-0.39, 0.29) is 0 Å². The van der Waals surface area contributed by atoms with Crippen molar-refractivity contribution < 1.29 is 13.2 Å². The number of sulfone groups is 1. The minimum absolute atomic E-state index is 0.302. The van der Waals surface area contributed by atoms with Crippen molar-refractivity contribution in [1.82, 2.24) is 4.90 Å². The fraction of sp³-hybridized carbons (Fsp3) is 1.00. The highest BCUT2D eigenvalue weighted by atomic mass is 32.2. The number of piperidine rings is 1. The molecule has 0 saturated carbocycles. The molecule has 2 rings (SSSR count). The SMILES string of the molecule is CN1CCC2(CC1)OCCCS2(=O)=O. The third kappa shape index (κ3) is 1.57. The van der Waals surface area contributed by atoms with E-state index < -0.39 is 14.8 Å². The Morgan fingerprint density at radius 1 is 1.29 bits per heavy atom. The van der Waals surface area contributed by atoms with Crippen LogP contribution in [0.15, 0.2) is 0 Å². The van der Waals surface area contributed by atoms with Gasteiger partial charge >= 0.3 is 0 Å². The van der Waals surface area contributed by atoms with E-state index in [4.69, 9.17) is 4.74 Å². The molecular formula is C9H17NO3S. The summed E-state index contributed by atoms with van der Waals surface area (Å²) in [4.78, 5) is 1.32. The van der Waals surface area contributed by atoms with Crippen LogP contribution in [-0.4, -0.2) is 50.7 Å². The van der Waals surface area contributed by atoms with Gasteiger partial charge < -0.3 is 9.64 Å². The van der Waals surface area contributed by atoms with Crippen molar-refractivity contribution in [1.29, 1.82) is 0 Å². The molecule has 0 aromatic heterocycles. The highest BCUT2D eigenvalue weighted by Gasteiger charge is 2.48. The van der Waals surface area contributed by atoms with Crippen molar-refractivity contribution in [2.24, 2.45) is 0 Å². The molecule has 2 saturated heterocycles. The Balaban J connectivity index is 2.21. The lowest BCUT2D eigenvalue weighted by molar-refractivity contribution is -0.0281.